The van der Waals surface area contributed by atoms with Gasteiger partial charge in [-0.3, -0.25) is 4.79 Å². The fourth-order valence-electron chi connectivity index (χ4n) is 1.60. The van der Waals surface area contributed by atoms with Crippen molar-refractivity contribution >= 4 is 34.5 Å². The van der Waals surface area contributed by atoms with E-state index in [0.29, 0.717) is 22.8 Å². The van der Waals surface area contributed by atoms with E-state index in [1.807, 2.05) is 13.0 Å². The first-order valence-corrected chi connectivity index (χ1v) is 7.21. The highest BCUT2D eigenvalue weighted by Gasteiger charge is 2.10. The maximum Gasteiger partial charge on any atom is 0.256 e. The van der Waals surface area contributed by atoms with Crippen LogP contribution >= 0.6 is 22.9 Å². The minimum Gasteiger partial charge on any atom is -0.322 e. The quantitative estimate of drug-likeness (QED) is 0.837. The van der Waals surface area contributed by atoms with E-state index < -0.39 is 0 Å². The summed E-state index contributed by atoms with van der Waals surface area (Å²) in [7, 11) is 0. The van der Waals surface area contributed by atoms with E-state index in [-0.39, 0.29) is 5.91 Å². The van der Waals surface area contributed by atoms with Gasteiger partial charge >= 0.3 is 0 Å². The number of anilines is 1. The predicted molar refractivity (Wildman–Crippen MR) is 84.4 cm³/mol. The molecule has 1 heterocycles. The van der Waals surface area contributed by atoms with Crippen LogP contribution in [0.25, 0.3) is 0 Å². The summed E-state index contributed by atoms with van der Waals surface area (Å²) in [5.41, 5.74) is 7.45. The van der Waals surface area contributed by atoms with E-state index in [1.54, 1.807) is 23.6 Å². The number of rotatable bonds is 2. The topological polar surface area (TPSA) is 55.1 Å². The molecule has 0 aliphatic heterocycles. The van der Waals surface area contributed by atoms with Crippen LogP contribution in [0.2, 0.25) is 5.02 Å². The molecule has 1 aromatic carbocycles. The van der Waals surface area contributed by atoms with Crippen LogP contribution in [-0.4, -0.2) is 12.5 Å². The molecule has 1 amide bonds. The third kappa shape index (κ3) is 3.40. The molecule has 0 aliphatic rings. The molecule has 2 rings (SSSR count). The Hall–Kier alpha value is -1.80. The fraction of sp³-hybridized carbons (Fsp3) is 0.133. The highest BCUT2D eigenvalue weighted by Crippen LogP contribution is 2.24. The lowest BCUT2D eigenvalue weighted by atomic mass is 10.2. The van der Waals surface area contributed by atoms with Crippen molar-refractivity contribution in [3.05, 3.63) is 50.7 Å². The van der Waals surface area contributed by atoms with Crippen LogP contribution in [0.1, 0.15) is 20.8 Å². The molecular formula is C15H13ClN2OS. The van der Waals surface area contributed by atoms with E-state index in [9.17, 15) is 4.79 Å². The monoisotopic (exact) mass is 304 g/mol. The van der Waals surface area contributed by atoms with Crippen molar-refractivity contribution in [1.82, 2.24) is 0 Å². The van der Waals surface area contributed by atoms with Crippen LogP contribution in [0.15, 0.2) is 29.6 Å². The van der Waals surface area contributed by atoms with Gasteiger partial charge in [0.2, 0.25) is 0 Å². The zero-order valence-electron chi connectivity index (χ0n) is 10.9. The van der Waals surface area contributed by atoms with Crippen LogP contribution in [-0.2, 0) is 0 Å². The first kappa shape index (κ1) is 14.6. The van der Waals surface area contributed by atoms with Crippen molar-refractivity contribution in [3.63, 3.8) is 0 Å². The number of hydrogen-bond donors (Lipinski definition) is 2. The summed E-state index contributed by atoms with van der Waals surface area (Å²) in [6.07, 6.45) is 0. The second kappa shape index (κ2) is 6.58. The summed E-state index contributed by atoms with van der Waals surface area (Å²) in [5.74, 6) is 5.49. The SMILES string of the molecule is Cc1c(Cl)cccc1NC(=O)c1csc(C#CCN)c1. The molecule has 102 valence electrons. The van der Waals surface area contributed by atoms with E-state index in [2.05, 4.69) is 17.2 Å². The van der Waals surface area contributed by atoms with Crippen molar-refractivity contribution in [3.8, 4) is 11.8 Å². The van der Waals surface area contributed by atoms with Gasteiger partial charge in [0.25, 0.3) is 5.91 Å². The molecule has 5 heteroatoms. The maximum absolute atomic E-state index is 12.1. The number of nitrogens with two attached hydrogens (primary N) is 1. The van der Waals surface area contributed by atoms with Gasteiger partial charge in [-0.1, -0.05) is 29.5 Å². The minimum atomic E-state index is -0.174. The Bertz CT molecular complexity index is 697. The lowest BCUT2D eigenvalue weighted by Crippen LogP contribution is -2.11. The first-order chi connectivity index (χ1) is 9.61. The normalized spacial score (nSPS) is 9.75. The number of nitrogens with one attached hydrogen (secondary N) is 1. The van der Waals surface area contributed by atoms with Crippen LogP contribution in [0, 0.1) is 18.8 Å². The number of benzene rings is 1. The van der Waals surface area contributed by atoms with Crippen LogP contribution in [0.4, 0.5) is 5.69 Å². The Labute approximate surface area is 126 Å². The van der Waals surface area contributed by atoms with Gasteiger partial charge in [0.1, 0.15) is 0 Å². The van der Waals surface area contributed by atoms with E-state index in [4.69, 9.17) is 17.3 Å². The Morgan fingerprint density at radius 3 is 3.05 bits per heavy atom. The standard InChI is InChI=1S/C15H13ClN2OS/c1-10-13(16)5-2-6-14(10)18-15(19)11-8-12(20-9-11)4-3-7-17/h2,5-6,8-9H,7,17H2,1H3,(H,18,19). The molecule has 0 unspecified atom stereocenters. The molecular weight excluding hydrogens is 292 g/mol. The third-order valence-corrected chi connectivity index (χ3v) is 3.95. The van der Waals surface area contributed by atoms with Gasteiger partial charge in [-0.25, -0.2) is 0 Å². The van der Waals surface area contributed by atoms with E-state index in [1.165, 1.54) is 11.3 Å². The summed E-state index contributed by atoms with van der Waals surface area (Å²) < 4.78 is 0. The number of thiophene rings is 1. The summed E-state index contributed by atoms with van der Waals surface area (Å²) in [6, 6.07) is 7.16. The fourth-order valence-corrected chi connectivity index (χ4v) is 2.53. The lowest BCUT2D eigenvalue weighted by molar-refractivity contribution is 0.102. The maximum atomic E-state index is 12.1. The van der Waals surface area contributed by atoms with E-state index >= 15 is 0 Å². The number of hydrogen-bond acceptors (Lipinski definition) is 3. The first-order valence-electron chi connectivity index (χ1n) is 5.95. The Morgan fingerprint density at radius 1 is 1.50 bits per heavy atom. The minimum absolute atomic E-state index is 0.174. The molecule has 0 aliphatic carbocycles. The van der Waals surface area contributed by atoms with Crippen LogP contribution in [0.3, 0.4) is 0 Å². The van der Waals surface area contributed by atoms with Gasteiger partial charge in [-0.15, -0.1) is 11.3 Å². The third-order valence-electron chi connectivity index (χ3n) is 2.69. The summed E-state index contributed by atoms with van der Waals surface area (Å²) in [4.78, 5) is 13.0. The summed E-state index contributed by atoms with van der Waals surface area (Å²) >= 11 is 7.44. The van der Waals surface area contributed by atoms with Crippen LogP contribution in [0.5, 0.6) is 0 Å². The van der Waals surface area contributed by atoms with Gasteiger partial charge in [-0.05, 0) is 30.7 Å². The molecule has 0 bridgehead atoms. The summed E-state index contributed by atoms with van der Waals surface area (Å²) in [5, 5.41) is 5.25. The zero-order valence-corrected chi connectivity index (χ0v) is 12.4. The largest absolute Gasteiger partial charge is 0.322 e. The van der Waals surface area contributed by atoms with Crippen molar-refractivity contribution in [1.29, 1.82) is 0 Å². The average Bonchev–Trinajstić information content (AvgIpc) is 2.90. The highest BCUT2D eigenvalue weighted by molar-refractivity contribution is 7.10. The van der Waals surface area contributed by atoms with Crippen molar-refractivity contribution < 1.29 is 4.79 Å². The van der Waals surface area contributed by atoms with E-state index in [0.717, 1.165) is 10.4 Å². The Kier molecular flexibility index (Phi) is 4.80. The molecule has 0 spiro atoms. The average molecular weight is 305 g/mol. The van der Waals surface area contributed by atoms with Crippen molar-refractivity contribution in [2.24, 2.45) is 5.73 Å². The molecule has 20 heavy (non-hydrogen) atoms. The predicted octanol–water partition coefficient (Wildman–Crippen LogP) is 3.27. The second-order valence-electron chi connectivity index (χ2n) is 4.07. The van der Waals surface area contributed by atoms with Gasteiger partial charge < -0.3 is 11.1 Å². The highest BCUT2D eigenvalue weighted by atomic mass is 35.5. The molecule has 0 radical (unpaired) electrons. The number of carbonyl (C=O) groups excluding carboxylic acids is 1. The zero-order chi connectivity index (χ0) is 14.5. The Balaban J connectivity index is 2.16. The van der Waals surface area contributed by atoms with Gasteiger partial charge in [0, 0.05) is 16.1 Å². The molecule has 0 saturated carbocycles. The molecule has 0 atom stereocenters. The number of carbonyl (C=O) groups is 1. The lowest BCUT2D eigenvalue weighted by Gasteiger charge is -2.08. The van der Waals surface area contributed by atoms with Gasteiger partial charge in [0.05, 0.1) is 17.0 Å². The molecule has 3 nitrogen and oxygen atoms in total. The van der Waals surface area contributed by atoms with Crippen LogP contribution < -0.4 is 11.1 Å². The summed E-state index contributed by atoms with van der Waals surface area (Å²) in [6.45, 7) is 2.17. The smallest absolute Gasteiger partial charge is 0.256 e. The molecule has 0 fully saturated rings. The van der Waals surface area contributed by atoms with Crippen molar-refractivity contribution in [2.75, 3.05) is 11.9 Å². The molecule has 0 saturated heterocycles. The number of halogens is 1. The molecule has 1 aromatic heterocycles. The van der Waals surface area contributed by atoms with Gasteiger partial charge in [-0.2, -0.15) is 0 Å². The Morgan fingerprint density at radius 2 is 2.30 bits per heavy atom. The van der Waals surface area contributed by atoms with Gasteiger partial charge in [0.15, 0.2) is 0 Å². The molecule has 3 N–H and O–H groups in total. The second-order valence-corrected chi connectivity index (χ2v) is 5.39. The molecule has 2 aromatic rings. The number of amides is 1. The van der Waals surface area contributed by atoms with Crippen molar-refractivity contribution in [2.45, 2.75) is 6.92 Å².